The highest BCUT2D eigenvalue weighted by atomic mass is 16.6. The number of likely N-dealkylation sites (N-methyl/N-ethyl adjacent to an activating group) is 3. The van der Waals surface area contributed by atoms with Crippen LogP contribution in [0.1, 0.15) is 58.2 Å². The predicted molar refractivity (Wildman–Crippen MR) is 214 cm³/mol. The van der Waals surface area contributed by atoms with E-state index in [0.717, 1.165) is 16.7 Å². The van der Waals surface area contributed by atoms with Gasteiger partial charge in [-0.25, -0.2) is 14.4 Å². The summed E-state index contributed by atoms with van der Waals surface area (Å²) in [6.07, 6.45) is -3.99. The normalized spacial score (nSPS) is 23.7. The molecule has 0 N–H and O–H groups in total. The molecule has 1 aliphatic heterocycles. The third kappa shape index (κ3) is 11.3. The van der Waals surface area contributed by atoms with Crippen molar-refractivity contribution in [1.82, 2.24) is 14.7 Å². The third-order valence-corrected chi connectivity index (χ3v) is 10.4. The van der Waals surface area contributed by atoms with E-state index >= 15 is 0 Å². The fourth-order valence-electron chi connectivity index (χ4n) is 6.74. The summed E-state index contributed by atoms with van der Waals surface area (Å²) in [6.45, 7) is 10.3. The van der Waals surface area contributed by atoms with Crippen LogP contribution in [0, 0.1) is 17.8 Å². The monoisotopic (exact) mass is 783 g/mol. The molecule has 1 heterocycles. The molecule has 1 fully saturated rings. The SMILES string of the molecule is CC(C)C1OC(=O)C(Cc2ccccc2)N(C)C(=O)C(C(C)C)OC(=O)C(Cc2ccccc2)N(C)C(=O)C(C(C)C)OC(=O)C(Cc2ccccc2)N(C)C1=O. The Morgan fingerprint density at radius 3 is 0.807 bits per heavy atom. The molecule has 0 saturated carbocycles. The Hall–Kier alpha value is -5.52. The summed E-state index contributed by atoms with van der Waals surface area (Å²) in [6, 6.07) is 23.4. The zero-order chi connectivity index (χ0) is 42.0. The summed E-state index contributed by atoms with van der Waals surface area (Å²) in [5.74, 6) is -6.18. The Labute approximate surface area is 336 Å². The van der Waals surface area contributed by atoms with Crippen LogP contribution in [-0.2, 0) is 62.2 Å². The molecule has 12 nitrogen and oxygen atoms in total. The Balaban J connectivity index is 1.88. The number of hydrogen-bond donors (Lipinski definition) is 0. The molecule has 12 heteroatoms. The average molecular weight is 784 g/mol. The van der Waals surface area contributed by atoms with Gasteiger partial charge in [-0.05, 0) is 34.4 Å². The molecule has 0 radical (unpaired) electrons. The fraction of sp³-hybridized carbons (Fsp3) is 0.467. The van der Waals surface area contributed by atoms with Gasteiger partial charge < -0.3 is 28.9 Å². The van der Waals surface area contributed by atoms with Gasteiger partial charge in [-0.15, -0.1) is 0 Å². The first-order chi connectivity index (χ1) is 27.0. The van der Waals surface area contributed by atoms with Crippen LogP contribution in [0.3, 0.4) is 0 Å². The van der Waals surface area contributed by atoms with Gasteiger partial charge in [0.1, 0.15) is 18.1 Å². The van der Waals surface area contributed by atoms with E-state index in [2.05, 4.69) is 0 Å². The van der Waals surface area contributed by atoms with Gasteiger partial charge in [0.05, 0.1) is 0 Å². The summed E-state index contributed by atoms with van der Waals surface area (Å²) >= 11 is 0. The minimum absolute atomic E-state index is 0.0307. The van der Waals surface area contributed by atoms with Crippen molar-refractivity contribution in [2.75, 3.05) is 21.1 Å². The lowest BCUT2D eigenvalue weighted by Gasteiger charge is -2.37. The highest BCUT2D eigenvalue weighted by Crippen LogP contribution is 2.24. The molecule has 3 aromatic rings. The molecular weight excluding hydrogens is 727 g/mol. The molecule has 6 atom stereocenters. The standard InChI is InChI=1S/C45H57N3O9/c1-28(2)37-40(49)46(7)35(26-32-21-15-11-16-22-32)44(53)56-39(30(5)6)42(51)48(9)36(27-33-23-17-12-18-24-33)45(54)57-38(29(3)4)41(50)47(8)34(43(52)55-37)25-31-19-13-10-14-20-31/h10-24,28-30,34-39H,25-27H2,1-9H3. The van der Waals surface area contributed by atoms with Crippen molar-refractivity contribution in [2.24, 2.45) is 17.8 Å². The fourth-order valence-corrected chi connectivity index (χ4v) is 6.74. The third-order valence-electron chi connectivity index (χ3n) is 10.4. The van der Waals surface area contributed by atoms with Gasteiger partial charge in [-0.3, -0.25) is 14.4 Å². The summed E-state index contributed by atoms with van der Waals surface area (Å²) in [5.41, 5.74) is 2.16. The number of esters is 3. The molecule has 0 aliphatic carbocycles. The van der Waals surface area contributed by atoms with Gasteiger partial charge in [0.25, 0.3) is 17.7 Å². The number of ether oxygens (including phenoxy) is 3. The summed E-state index contributed by atoms with van der Waals surface area (Å²) in [7, 11) is 4.31. The van der Waals surface area contributed by atoms with Gasteiger partial charge in [0.15, 0.2) is 18.3 Å². The van der Waals surface area contributed by atoms with Crippen molar-refractivity contribution in [3.8, 4) is 0 Å². The summed E-state index contributed by atoms with van der Waals surface area (Å²) in [4.78, 5) is 89.9. The topological polar surface area (TPSA) is 140 Å². The van der Waals surface area contributed by atoms with Gasteiger partial charge in [-0.1, -0.05) is 133 Å². The molecule has 6 unspecified atom stereocenters. The highest BCUT2D eigenvalue weighted by Gasteiger charge is 2.44. The molecule has 3 amide bonds. The van der Waals surface area contributed by atoms with Crippen LogP contribution >= 0.6 is 0 Å². The minimum Gasteiger partial charge on any atom is -0.450 e. The molecule has 0 spiro atoms. The maximum absolute atomic E-state index is 14.4. The number of rotatable bonds is 9. The van der Waals surface area contributed by atoms with Crippen LogP contribution in [0.2, 0.25) is 0 Å². The van der Waals surface area contributed by atoms with Crippen LogP contribution in [0.4, 0.5) is 0 Å². The van der Waals surface area contributed by atoms with Crippen molar-refractivity contribution in [2.45, 2.75) is 97.2 Å². The molecule has 0 aromatic heterocycles. The average Bonchev–Trinajstić information content (AvgIpc) is 3.19. The number of hydrogen-bond acceptors (Lipinski definition) is 9. The van der Waals surface area contributed by atoms with Crippen molar-refractivity contribution >= 4 is 35.6 Å². The second-order valence-corrected chi connectivity index (χ2v) is 15.8. The quantitative estimate of drug-likeness (QED) is 0.219. The lowest BCUT2D eigenvalue weighted by atomic mass is 9.99. The second kappa shape index (κ2) is 20.1. The molecular formula is C45H57N3O9. The molecule has 306 valence electrons. The lowest BCUT2D eigenvalue weighted by Crippen LogP contribution is -2.56. The van der Waals surface area contributed by atoms with Crippen molar-refractivity contribution in [3.63, 3.8) is 0 Å². The lowest BCUT2D eigenvalue weighted by molar-refractivity contribution is -0.179. The van der Waals surface area contributed by atoms with E-state index in [1.165, 1.54) is 35.8 Å². The van der Waals surface area contributed by atoms with Crippen molar-refractivity contribution in [3.05, 3.63) is 108 Å². The summed E-state index contributed by atoms with van der Waals surface area (Å²) < 4.78 is 18.1. The van der Waals surface area contributed by atoms with Gasteiger partial charge in [-0.2, -0.15) is 0 Å². The molecule has 3 aromatic carbocycles. The Kier molecular flexibility index (Phi) is 15.6. The number of carbonyl (C=O) groups is 6. The van der Waals surface area contributed by atoms with Crippen LogP contribution in [0.5, 0.6) is 0 Å². The molecule has 0 bridgehead atoms. The van der Waals surface area contributed by atoms with E-state index in [0.29, 0.717) is 0 Å². The van der Waals surface area contributed by atoms with E-state index in [-0.39, 0.29) is 19.3 Å². The first-order valence-corrected chi connectivity index (χ1v) is 19.5. The number of carbonyl (C=O) groups excluding carboxylic acids is 6. The number of nitrogens with zero attached hydrogens (tertiary/aromatic N) is 3. The molecule has 1 saturated heterocycles. The molecule has 4 rings (SSSR count). The molecule has 57 heavy (non-hydrogen) atoms. The Bertz CT molecular complexity index is 1620. The van der Waals surface area contributed by atoms with Gasteiger partial charge >= 0.3 is 17.9 Å². The van der Waals surface area contributed by atoms with Crippen LogP contribution in [0.15, 0.2) is 91.0 Å². The maximum Gasteiger partial charge on any atom is 0.329 e. The first-order valence-electron chi connectivity index (χ1n) is 19.5. The van der Waals surface area contributed by atoms with Crippen molar-refractivity contribution in [1.29, 1.82) is 0 Å². The zero-order valence-corrected chi connectivity index (χ0v) is 34.5. The van der Waals surface area contributed by atoms with Crippen LogP contribution in [-0.4, -0.2) is 108 Å². The molecule has 1 aliphatic rings. The Morgan fingerprint density at radius 1 is 0.404 bits per heavy atom. The van der Waals surface area contributed by atoms with E-state index < -0.39 is 89.8 Å². The van der Waals surface area contributed by atoms with Crippen molar-refractivity contribution < 1.29 is 43.0 Å². The second-order valence-electron chi connectivity index (χ2n) is 15.8. The van der Waals surface area contributed by atoms with Crippen LogP contribution in [0.25, 0.3) is 0 Å². The van der Waals surface area contributed by atoms with E-state index in [4.69, 9.17) is 14.2 Å². The van der Waals surface area contributed by atoms with E-state index in [1.54, 1.807) is 114 Å². The smallest absolute Gasteiger partial charge is 0.329 e. The maximum atomic E-state index is 14.4. The zero-order valence-electron chi connectivity index (χ0n) is 34.5. The predicted octanol–water partition coefficient (Wildman–Crippen LogP) is 4.91. The highest BCUT2D eigenvalue weighted by molar-refractivity contribution is 5.94. The largest absolute Gasteiger partial charge is 0.450 e. The number of cyclic esters (lactones) is 3. The number of benzene rings is 3. The van der Waals surface area contributed by atoms with E-state index in [9.17, 15) is 28.8 Å². The van der Waals surface area contributed by atoms with E-state index in [1.807, 2.05) is 18.2 Å². The van der Waals surface area contributed by atoms with Gasteiger partial charge in [0.2, 0.25) is 0 Å². The number of amides is 3. The minimum atomic E-state index is -1.36. The van der Waals surface area contributed by atoms with Gasteiger partial charge in [0, 0.05) is 40.4 Å². The summed E-state index contributed by atoms with van der Waals surface area (Å²) in [5, 5.41) is 0. The van der Waals surface area contributed by atoms with Crippen LogP contribution < -0.4 is 0 Å². The Morgan fingerprint density at radius 2 is 0.614 bits per heavy atom. The first kappa shape index (κ1) is 44.2.